The number of aromatic nitrogens is 4. The number of cyclic esters (lactones) is 1. The predicted octanol–water partition coefficient (Wildman–Crippen LogP) is 1.37. The summed E-state index contributed by atoms with van der Waals surface area (Å²) in [4.78, 5) is 27.9. The van der Waals surface area contributed by atoms with E-state index in [1.54, 1.807) is 41.3 Å². The van der Waals surface area contributed by atoms with Gasteiger partial charge in [-0.15, -0.1) is 5.10 Å². The highest BCUT2D eigenvalue weighted by atomic mass is 16.5. The molecule has 3 aromatic rings. The number of hydrogen-bond donors (Lipinski definition) is 1. The van der Waals surface area contributed by atoms with Crippen LogP contribution in [0, 0.1) is 0 Å². The number of nitrogens with zero attached hydrogens (tertiary/aromatic N) is 4. The number of nitrogens with one attached hydrogen (secondary N) is 1. The van der Waals surface area contributed by atoms with Crippen LogP contribution in [0.5, 0.6) is 0 Å². The fraction of sp³-hybridized carbons (Fsp3) is 0.167. The molecule has 1 aliphatic rings. The Bertz CT molecular complexity index is 937. The Kier molecular flexibility index (Phi) is 4.14. The molecule has 8 nitrogen and oxygen atoms in total. The van der Waals surface area contributed by atoms with Gasteiger partial charge in [-0.05, 0) is 36.4 Å². The molecular formula is C18H15N5O3. The van der Waals surface area contributed by atoms with E-state index < -0.39 is 6.04 Å². The summed E-state index contributed by atoms with van der Waals surface area (Å²) in [5.41, 5.74) is 2.61. The van der Waals surface area contributed by atoms with Crippen LogP contribution in [0.3, 0.4) is 0 Å². The zero-order valence-corrected chi connectivity index (χ0v) is 13.7. The molecule has 0 radical (unpaired) electrons. The number of esters is 1. The van der Waals surface area contributed by atoms with Crippen molar-refractivity contribution in [3.8, 4) is 17.1 Å². The lowest BCUT2D eigenvalue weighted by Crippen LogP contribution is -2.37. The maximum absolute atomic E-state index is 12.2. The third-order valence-electron chi connectivity index (χ3n) is 4.06. The molecule has 8 heteroatoms. The van der Waals surface area contributed by atoms with Crippen LogP contribution in [0.15, 0.2) is 54.9 Å². The van der Waals surface area contributed by atoms with Crippen molar-refractivity contribution < 1.29 is 14.3 Å². The van der Waals surface area contributed by atoms with Gasteiger partial charge >= 0.3 is 5.97 Å². The summed E-state index contributed by atoms with van der Waals surface area (Å²) in [5.74, 6) is -0.701. The summed E-state index contributed by atoms with van der Waals surface area (Å²) in [6, 6.07) is 11.9. The van der Waals surface area contributed by atoms with Crippen LogP contribution in [0.25, 0.3) is 17.1 Å². The fourth-order valence-electron chi connectivity index (χ4n) is 2.66. The molecular weight excluding hydrogens is 334 g/mol. The van der Waals surface area contributed by atoms with E-state index in [2.05, 4.69) is 20.6 Å². The van der Waals surface area contributed by atoms with E-state index in [1.807, 2.05) is 18.2 Å². The topological polar surface area (TPSA) is 99.0 Å². The van der Waals surface area contributed by atoms with Gasteiger partial charge in [-0.1, -0.05) is 11.3 Å². The monoisotopic (exact) mass is 349 g/mol. The number of amides is 1. The highest BCUT2D eigenvalue weighted by molar-refractivity contribution is 5.97. The van der Waals surface area contributed by atoms with E-state index in [-0.39, 0.29) is 11.9 Å². The van der Waals surface area contributed by atoms with E-state index in [0.29, 0.717) is 24.3 Å². The first-order chi connectivity index (χ1) is 12.7. The number of hydrogen-bond acceptors (Lipinski definition) is 6. The van der Waals surface area contributed by atoms with Crippen LogP contribution in [0.1, 0.15) is 16.8 Å². The van der Waals surface area contributed by atoms with Crippen molar-refractivity contribution in [3.05, 3.63) is 60.4 Å². The van der Waals surface area contributed by atoms with Gasteiger partial charge in [0.15, 0.2) is 0 Å². The second-order valence-electron chi connectivity index (χ2n) is 5.79. The van der Waals surface area contributed by atoms with Crippen LogP contribution in [0.2, 0.25) is 0 Å². The minimum atomic E-state index is -0.571. The SMILES string of the molecule is O=C(N[C@H]1CCOC1=O)c1ccc(-n2cc(-c3ccccn3)nn2)cc1. The Morgan fingerprint density at radius 2 is 2.00 bits per heavy atom. The molecule has 1 amide bonds. The predicted molar refractivity (Wildman–Crippen MR) is 91.4 cm³/mol. The van der Waals surface area contributed by atoms with Crippen LogP contribution in [-0.4, -0.2) is 44.5 Å². The van der Waals surface area contributed by atoms with E-state index >= 15 is 0 Å². The van der Waals surface area contributed by atoms with Crippen molar-refractivity contribution >= 4 is 11.9 Å². The number of pyridine rings is 1. The Morgan fingerprint density at radius 3 is 2.69 bits per heavy atom. The first-order valence-electron chi connectivity index (χ1n) is 8.12. The Labute approximate surface area is 148 Å². The Balaban J connectivity index is 1.48. The minimum Gasteiger partial charge on any atom is -0.464 e. The van der Waals surface area contributed by atoms with Crippen molar-refractivity contribution in [2.24, 2.45) is 0 Å². The number of benzene rings is 1. The van der Waals surface area contributed by atoms with Crippen molar-refractivity contribution in [1.29, 1.82) is 0 Å². The summed E-state index contributed by atoms with van der Waals surface area (Å²) in [6.45, 7) is 0.341. The number of ether oxygens (including phenoxy) is 1. The molecule has 26 heavy (non-hydrogen) atoms. The van der Waals surface area contributed by atoms with Crippen LogP contribution in [-0.2, 0) is 9.53 Å². The fourth-order valence-corrected chi connectivity index (χ4v) is 2.66. The van der Waals surface area contributed by atoms with Crippen molar-refractivity contribution in [2.45, 2.75) is 12.5 Å². The molecule has 1 aliphatic heterocycles. The van der Waals surface area contributed by atoms with Crippen molar-refractivity contribution in [1.82, 2.24) is 25.3 Å². The highest BCUT2D eigenvalue weighted by Crippen LogP contribution is 2.15. The van der Waals surface area contributed by atoms with Crippen LogP contribution >= 0.6 is 0 Å². The smallest absolute Gasteiger partial charge is 0.328 e. The minimum absolute atomic E-state index is 0.312. The molecule has 0 unspecified atom stereocenters. The standard InChI is InChI=1S/C18H15N5O3/c24-17(20-15-8-10-26-18(15)25)12-4-6-13(7-5-12)23-11-16(21-22-23)14-3-1-2-9-19-14/h1-7,9,11,15H,8,10H2,(H,20,24)/t15-/m0/s1. The molecule has 3 heterocycles. The quantitative estimate of drug-likeness (QED) is 0.714. The van der Waals surface area contributed by atoms with Gasteiger partial charge < -0.3 is 10.1 Å². The van der Waals surface area contributed by atoms with Gasteiger partial charge in [0, 0.05) is 18.2 Å². The third kappa shape index (κ3) is 3.16. The molecule has 130 valence electrons. The van der Waals surface area contributed by atoms with Gasteiger partial charge in [-0.25, -0.2) is 9.48 Å². The zero-order valence-electron chi connectivity index (χ0n) is 13.7. The molecule has 1 saturated heterocycles. The van der Waals surface area contributed by atoms with E-state index in [4.69, 9.17) is 4.74 Å². The normalized spacial score (nSPS) is 16.3. The van der Waals surface area contributed by atoms with E-state index in [1.165, 1.54) is 0 Å². The maximum Gasteiger partial charge on any atom is 0.328 e. The number of rotatable bonds is 4. The first-order valence-corrected chi connectivity index (χ1v) is 8.12. The lowest BCUT2D eigenvalue weighted by atomic mass is 10.1. The molecule has 1 fully saturated rings. The first kappa shape index (κ1) is 15.9. The number of carbonyl (C=O) groups excluding carboxylic acids is 2. The summed E-state index contributed by atoms with van der Waals surface area (Å²) in [7, 11) is 0. The average molecular weight is 349 g/mol. The van der Waals surface area contributed by atoms with Crippen molar-refractivity contribution in [3.63, 3.8) is 0 Å². The van der Waals surface area contributed by atoms with Crippen LogP contribution in [0.4, 0.5) is 0 Å². The molecule has 1 N–H and O–H groups in total. The van der Waals surface area contributed by atoms with E-state index in [9.17, 15) is 9.59 Å². The molecule has 4 rings (SSSR count). The summed E-state index contributed by atoms with van der Waals surface area (Å²) in [6.07, 6.45) is 3.96. The molecule has 0 aliphatic carbocycles. The zero-order chi connectivity index (χ0) is 17.9. The Morgan fingerprint density at radius 1 is 1.15 bits per heavy atom. The highest BCUT2D eigenvalue weighted by Gasteiger charge is 2.28. The molecule has 2 aromatic heterocycles. The molecule has 0 spiro atoms. The van der Waals surface area contributed by atoms with Crippen LogP contribution < -0.4 is 5.32 Å². The van der Waals surface area contributed by atoms with Gasteiger partial charge in [0.1, 0.15) is 11.7 Å². The van der Waals surface area contributed by atoms with Gasteiger partial charge in [0.2, 0.25) is 0 Å². The largest absolute Gasteiger partial charge is 0.464 e. The van der Waals surface area contributed by atoms with Gasteiger partial charge in [-0.3, -0.25) is 9.78 Å². The van der Waals surface area contributed by atoms with Crippen molar-refractivity contribution in [2.75, 3.05) is 6.61 Å². The van der Waals surface area contributed by atoms with E-state index in [0.717, 1.165) is 11.4 Å². The second-order valence-corrected chi connectivity index (χ2v) is 5.79. The van der Waals surface area contributed by atoms with Gasteiger partial charge in [0.25, 0.3) is 5.91 Å². The molecule has 0 saturated carbocycles. The lowest BCUT2D eigenvalue weighted by molar-refractivity contribution is -0.139. The third-order valence-corrected chi connectivity index (χ3v) is 4.06. The summed E-state index contributed by atoms with van der Waals surface area (Å²) in [5, 5.41) is 10.9. The lowest BCUT2D eigenvalue weighted by Gasteiger charge is -2.09. The molecule has 0 bridgehead atoms. The molecule has 1 aromatic carbocycles. The summed E-state index contributed by atoms with van der Waals surface area (Å²) < 4.78 is 6.45. The summed E-state index contributed by atoms with van der Waals surface area (Å²) >= 11 is 0. The Hall–Kier alpha value is -3.55. The maximum atomic E-state index is 12.2. The molecule has 1 atom stereocenters. The second kappa shape index (κ2) is 6.75. The average Bonchev–Trinajstić information content (AvgIpc) is 3.32. The van der Waals surface area contributed by atoms with Gasteiger partial charge in [-0.2, -0.15) is 0 Å². The van der Waals surface area contributed by atoms with Gasteiger partial charge in [0.05, 0.1) is 24.2 Å². The number of carbonyl (C=O) groups is 2.